The van der Waals surface area contributed by atoms with Crippen LogP contribution in [-0.4, -0.2) is 19.3 Å². The molecule has 0 bridgehead atoms. The molecular formula is C13H15F3N2O. The van der Waals surface area contributed by atoms with Crippen LogP contribution in [0.25, 0.3) is 0 Å². The Morgan fingerprint density at radius 2 is 2.11 bits per heavy atom. The van der Waals surface area contributed by atoms with E-state index in [0.29, 0.717) is 18.8 Å². The van der Waals surface area contributed by atoms with E-state index in [0.717, 1.165) is 12.1 Å². The average Bonchev–Trinajstić information content (AvgIpc) is 2.35. The van der Waals surface area contributed by atoms with E-state index in [9.17, 15) is 13.2 Å². The summed E-state index contributed by atoms with van der Waals surface area (Å²) in [5.41, 5.74) is -0.988. The van der Waals surface area contributed by atoms with Gasteiger partial charge in [-0.3, -0.25) is 0 Å². The molecule has 1 atom stereocenters. The van der Waals surface area contributed by atoms with Crippen molar-refractivity contribution in [3.63, 3.8) is 0 Å². The van der Waals surface area contributed by atoms with Gasteiger partial charge in [-0.25, -0.2) is 0 Å². The normalized spacial score (nSPS) is 12.8. The van der Waals surface area contributed by atoms with Gasteiger partial charge in [-0.2, -0.15) is 18.4 Å². The van der Waals surface area contributed by atoms with Crippen molar-refractivity contribution in [2.75, 3.05) is 18.5 Å². The minimum Gasteiger partial charge on any atom is -0.382 e. The van der Waals surface area contributed by atoms with Crippen LogP contribution in [0.5, 0.6) is 0 Å². The smallest absolute Gasteiger partial charge is 0.382 e. The maximum atomic E-state index is 12.7. The van der Waals surface area contributed by atoms with Gasteiger partial charge < -0.3 is 10.1 Å². The Morgan fingerprint density at radius 3 is 2.63 bits per heavy atom. The molecule has 1 rings (SSSR count). The van der Waals surface area contributed by atoms with E-state index in [2.05, 4.69) is 5.32 Å². The Balaban J connectivity index is 2.85. The molecule has 104 valence electrons. The molecule has 1 aromatic rings. The third-order valence-corrected chi connectivity index (χ3v) is 2.49. The fourth-order valence-electron chi connectivity index (χ4n) is 1.59. The molecule has 0 amide bonds. The predicted molar refractivity (Wildman–Crippen MR) is 65.7 cm³/mol. The number of nitriles is 1. The molecule has 0 saturated carbocycles. The Bertz CT molecular complexity index is 466. The Kier molecular flexibility index (Phi) is 5.19. The minimum atomic E-state index is -4.53. The molecular weight excluding hydrogens is 257 g/mol. The van der Waals surface area contributed by atoms with Crippen LogP contribution in [0, 0.1) is 11.3 Å². The van der Waals surface area contributed by atoms with Gasteiger partial charge in [0.1, 0.15) is 0 Å². The number of hydrogen-bond acceptors (Lipinski definition) is 3. The van der Waals surface area contributed by atoms with Crippen molar-refractivity contribution in [2.45, 2.75) is 26.1 Å². The third-order valence-electron chi connectivity index (χ3n) is 2.49. The van der Waals surface area contributed by atoms with Crippen LogP contribution in [0.3, 0.4) is 0 Å². The van der Waals surface area contributed by atoms with Crippen LogP contribution in [-0.2, 0) is 10.9 Å². The zero-order chi connectivity index (χ0) is 14.5. The van der Waals surface area contributed by atoms with Crippen molar-refractivity contribution >= 4 is 5.69 Å². The Hall–Kier alpha value is -1.74. The monoisotopic (exact) mass is 272 g/mol. The zero-order valence-electron chi connectivity index (χ0n) is 10.7. The van der Waals surface area contributed by atoms with Gasteiger partial charge in [-0.05, 0) is 32.0 Å². The number of halogens is 3. The van der Waals surface area contributed by atoms with Crippen LogP contribution in [0.2, 0.25) is 0 Å². The lowest BCUT2D eigenvalue weighted by atomic mass is 10.1. The van der Waals surface area contributed by atoms with Crippen molar-refractivity contribution in [3.8, 4) is 6.07 Å². The SMILES string of the molecule is CCOC(C)CNc1ccc(C#N)c(C(F)(F)F)c1. The van der Waals surface area contributed by atoms with Crippen LogP contribution in [0.1, 0.15) is 25.0 Å². The average molecular weight is 272 g/mol. The number of anilines is 1. The number of nitrogens with zero attached hydrogens (tertiary/aromatic N) is 1. The van der Waals surface area contributed by atoms with E-state index >= 15 is 0 Å². The molecule has 1 unspecified atom stereocenters. The molecule has 0 fully saturated rings. The fraction of sp³-hybridized carbons (Fsp3) is 0.462. The highest BCUT2D eigenvalue weighted by molar-refractivity contribution is 5.53. The van der Waals surface area contributed by atoms with Crippen molar-refractivity contribution in [1.82, 2.24) is 0 Å². The molecule has 19 heavy (non-hydrogen) atoms. The number of benzene rings is 1. The fourth-order valence-corrected chi connectivity index (χ4v) is 1.59. The lowest BCUT2D eigenvalue weighted by Gasteiger charge is -2.15. The molecule has 0 aliphatic carbocycles. The lowest BCUT2D eigenvalue weighted by Crippen LogP contribution is -2.20. The molecule has 0 aliphatic heterocycles. The Labute approximate surface area is 110 Å². The van der Waals surface area contributed by atoms with E-state index in [-0.39, 0.29) is 11.7 Å². The predicted octanol–water partition coefficient (Wildman–Crippen LogP) is 3.41. The standard InChI is InChI=1S/C13H15F3N2O/c1-3-19-9(2)8-18-11-5-4-10(7-17)12(6-11)13(14,15)16/h4-6,9,18H,3,8H2,1-2H3. The summed E-state index contributed by atoms with van der Waals surface area (Å²) in [6.07, 6.45) is -4.64. The first-order valence-electron chi connectivity index (χ1n) is 5.85. The quantitative estimate of drug-likeness (QED) is 0.893. The van der Waals surface area contributed by atoms with Gasteiger partial charge in [-0.1, -0.05) is 0 Å². The van der Waals surface area contributed by atoms with Crippen LogP contribution >= 0.6 is 0 Å². The zero-order valence-corrected chi connectivity index (χ0v) is 10.7. The molecule has 0 aliphatic rings. The highest BCUT2D eigenvalue weighted by Crippen LogP contribution is 2.33. The van der Waals surface area contributed by atoms with E-state index < -0.39 is 11.7 Å². The first-order valence-corrected chi connectivity index (χ1v) is 5.85. The number of hydrogen-bond donors (Lipinski definition) is 1. The van der Waals surface area contributed by atoms with Crippen molar-refractivity contribution in [3.05, 3.63) is 29.3 Å². The van der Waals surface area contributed by atoms with E-state index in [4.69, 9.17) is 10.00 Å². The second-order valence-electron chi connectivity index (χ2n) is 4.02. The van der Waals surface area contributed by atoms with Crippen molar-refractivity contribution < 1.29 is 17.9 Å². The summed E-state index contributed by atoms with van der Waals surface area (Å²) >= 11 is 0. The molecule has 0 saturated heterocycles. The second-order valence-corrected chi connectivity index (χ2v) is 4.02. The van der Waals surface area contributed by atoms with Gasteiger partial charge in [0, 0.05) is 18.8 Å². The van der Waals surface area contributed by atoms with Gasteiger partial charge in [0.05, 0.1) is 23.3 Å². The number of ether oxygens (including phenoxy) is 1. The molecule has 0 spiro atoms. The number of rotatable bonds is 5. The lowest BCUT2D eigenvalue weighted by molar-refractivity contribution is -0.137. The van der Waals surface area contributed by atoms with Crippen LogP contribution in [0.4, 0.5) is 18.9 Å². The second kappa shape index (κ2) is 6.43. The number of alkyl halides is 3. The largest absolute Gasteiger partial charge is 0.417 e. The first kappa shape index (κ1) is 15.3. The van der Waals surface area contributed by atoms with Crippen molar-refractivity contribution in [2.24, 2.45) is 0 Å². The van der Waals surface area contributed by atoms with Crippen molar-refractivity contribution in [1.29, 1.82) is 5.26 Å². The summed E-state index contributed by atoms with van der Waals surface area (Å²) in [6, 6.07) is 5.10. The van der Waals surface area contributed by atoms with Crippen LogP contribution < -0.4 is 5.32 Å². The molecule has 0 heterocycles. The van der Waals surface area contributed by atoms with Gasteiger partial charge in [-0.15, -0.1) is 0 Å². The molecule has 6 heteroatoms. The highest BCUT2D eigenvalue weighted by Gasteiger charge is 2.33. The summed E-state index contributed by atoms with van der Waals surface area (Å²) in [6.45, 7) is 4.62. The maximum Gasteiger partial charge on any atom is 0.417 e. The van der Waals surface area contributed by atoms with Gasteiger partial charge in [0.2, 0.25) is 0 Å². The molecule has 0 aromatic heterocycles. The van der Waals surface area contributed by atoms with Gasteiger partial charge >= 0.3 is 6.18 Å². The third kappa shape index (κ3) is 4.45. The molecule has 3 nitrogen and oxygen atoms in total. The molecule has 1 aromatic carbocycles. The topological polar surface area (TPSA) is 45.0 Å². The van der Waals surface area contributed by atoms with E-state index in [1.165, 1.54) is 6.07 Å². The van der Waals surface area contributed by atoms with Gasteiger partial charge in [0.25, 0.3) is 0 Å². The number of nitrogens with one attached hydrogen (secondary N) is 1. The first-order chi connectivity index (χ1) is 8.88. The summed E-state index contributed by atoms with van der Waals surface area (Å²) in [4.78, 5) is 0. The van der Waals surface area contributed by atoms with E-state index in [1.807, 2.05) is 13.8 Å². The van der Waals surface area contributed by atoms with E-state index in [1.54, 1.807) is 6.07 Å². The molecule has 1 N–H and O–H groups in total. The Morgan fingerprint density at radius 1 is 1.42 bits per heavy atom. The molecule has 0 radical (unpaired) electrons. The highest BCUT2D eigenvalue weighted by atomic mass is 19.4. The summed E-state index contributed by atoms with van der Waals surface area (Å²) in [5.74, 6) is 0. The summed E-state index contributed by atoms with van der Waals surface area (Å²) in [5, 5.41) is 11.5. The van der Waals surface area contributed by atoms with Crippen LogP contribution in [0.15, 0.2) is 18.2 Å². The summed E-state index contributed by atoms with van der Waals surface area (Å²) in [7, 11) is 0. The maximum absolute atomic E-state index is 12.7. The minimum absolute atomic E-state index is 0.102. The van der Waals surface area contributed by atoms with Gasteiger partial charge in [0.15, 0.2) is 0 Å². The summed E-state index contributed by atoms with van der Waals surface area (Å²) < 4.78 is 43.5.